The van der Waals surface area contributed by atoms with E-state index in [9.17, 15) is 8.42 Å². The number of sulfonamides is 1. The van der Waals surface area contributed by atoms with E-state index >= 15 is 0 Å². The van der Waals surface area contributed by atoms with Gasteiger partial charge in [-0.05, 0) is 47.0 Å². The topological polar surface area (TPSA) is 84.2 Å². The lowest BCUT2D eigenvalue weighted by Crippen LogP contribution is -2.14. The van der Waals surface area contributed by atoms with E-state index in [4.69, 9.17) is 5.11 Å². The van der Waals surface area contributed by atoms with Crippen molar-refractivity contribution in [1.82, 2.24) is 9.78 Å². The summed E-state index contributed by atoms with van der Waals surface area (Å²) in [5, 5.41) is 12.7. The number of halogens is 1. The van der Waals surface area contributed by atoms with Crippen molar-refractivity contribution in [3.8, 4) is 0 Å². The molecule has 2 N–H and O–H groups in total. The van der Waals surface area contributed by atoms with Gasteiger partial charge in [-0.3, -0.25) is 9.40 Å². The Bertz CT molecular complexity index is 733. The summed E-state index contributed by atoms with van der Waals surface area (Å²) in [6.07, 6.45) is 2.64. The van der Waals surface area contributed by atoms with E-state index in [0.717, 1.165) is 11.1 Å². The van der Waals surface area contributed by atoms with Crippen molar-refractivity contribution in [2.45, 2.75) is 25.3 Å². The van der Waals surface area contributed by atoms with Gasteiger partial charge in [0.1, 0.15) is 4.90 Å². The summed E-state index contributed by atoms with van der Waals surface area (Å²) in [7, 11) is -3.71. The molecule has 0 amide bonds. The zero-order chi connectivity index (χ0) is 15.6. The van der Waals surface area contributed by atoms with E-state index in [-0.39, 0.29) is 18.0 Å². The van der Waals surface area contributed by atoms with Gasteiger partial charge in [-0.1, -0.05) is 6.07 Å². The molecule has 0 saturated carbocycles. The molecule has 0 aliphatic rings. The zero-order valence-electron chi connectivity index (χ0n) is 11.7. The van der Waals surface area contributed by atoms with E-state index in [0.29, 0.717) is 10.2 Å². The maximum atomic E-state index is 12.4. The molecule has 0 spiro atoms. The van der Waals surface area contributed by atoms with Crippen molar-refractivity contribution in [1.29, 1.82) is 0 Å². The third-order valence-corrected chi connectivity index (χ3v) is 4.85. The molecule has 0 fully saturated rings. The number of hydrogen-bond donors (Lipinski definition) is 2. The summed E-state index contributed by atoms with van der Waals surface area (Å²) in [6.45, 7) is 3.93. The summed E-state index contributed by atoms with van der Waals surface area (Å²) in [5.41, 5.74) is 2.38. The summed E-state index contributed by atoms with van der Waals surface area (Å²) in [6, 6.07) is 3.75. The molecule has 114 valence electrons. The molecule has 21 heavy (non-hydrogen) atoms. The molecular formula is C13H16BrN3O3S. The second-order valence-electron chi connectivity index (χ2n) is 4.71. The Kier molecular flexibility index (Phi) is 4.70. The number of aryl methyl sites for hydroxylation is 2. The van der Waals surface area contributed by atoms with Crippen LogP contribution in [0.4, 0.5) is 5.69 Å². The molecule has 0 saturated heterocycles. The fourth-order valence-electron chi connectivity index (χ4n) is 1.95. The van der Waals surface area contributed by atoms with Gasteiger partial charge in [0, 0.05) is 10.7 Å². The number of aliphatic hydroxyl groups excluding tert-OH is 1. The van der Waals surface area contributed by atoms with E-state index in [2.05, 4.69) is 25.8 Å². The number of nitrogens with one attached hydrogen (secondary N) is 1. The van der Waals surface area contributed by atoms with Crippen LogP contribution < -0.4 is 4.72 Å². The van der Waals surface area contributed by atoms with Crippen LogP contribution in [0.1, 0.15) is 11.1 Å². The molecule has 2 rings (SSSR count). The van der Waals surface area contributed by atoms with Gasteiger partial charge in [-0.25, -0.2) is 8.42 Å². The van der Waals surface area contributed by atoms with Crippen LogP contribution >= 0.6 is 15.9 Å². The molecule has 2 aromatic rings. The van der Waals surface area contributed by atoms with Crippen molar-refractivity contribution in [2.24, 2.45) is 0 Å². The quantitative estimate of drug-likeness (QED) is 0.839. The van der Waals surface area contributed by atoms with Gasteiger partial charge < -0.3 is 5.11 Å². The lowest BCUT2D eigenvalue weighted by Gasteiger charge is -2.12. The average molecular weight is 374 g/mol. The molecule has 0 aliphatic carbocycles. The lowest BCUT2D eigenvalue weighted by molar-refractivity contribution is 0.269. The molecular weight excluding hydrogens is 358 g/mol. The SMILES string of the molecule is Cc1cc(C)c(NS(=O)(=O)c2cnn(CCO)c2)c(Br)c1. The Labute approximate surface area is 132 Å². The standard InChI is InChI=1S/C13H16BrN3O3S/c1-9-5-10(2)13(12(14)6-9)16-21(19,20)11-7-15-17(8-11)3-4-18/h5-8,16,18H,3-4H2,1-2H3. The number of benzene rings is 1. The molecule has 0 aliphatic heterocycles. The van der Waals surface area contributed by atoms with E-state index < -0.39 is 10.0 Å². The minimum Gasteiger partial charge on any atom is -0.394 e. The molecule has 1 heterocycles. The molecule has 0 unspecified atom stereocenters. The van der Waals surface area contributed by atoms with E-state index in [1.807, 2.05) is 26.0 Å². The van der Waals surface area contributed by atoms with Crippen LogP contribution in [0.15, 0.2) is 33.9 Å². The highest BCUT2D eigenvalue weighted by atomic mass is 79.9. The van der Waals surface area contributed by atoms with Crippen molar-refractivity contribution in [2.75, 3.05) is 11.3 Å². The molecule has 1 aromatic carbocycles. The largest absolute Gasteiger partial charge is 0.394 e. The highest BCUT2D eigenvalue weighted by Gasteiger charge is 2.19. The number of rotatable bonds is 5. The third kappa shape index (κ3) is 3.63. The second-order valence-corrected chi connectivity index (χ2v) is 7.24. The molecule has 0 bridgehead atoms. The second kappa shape index (κ2) is 6.17. The third-order valence-electron chi connectivity index (χ3n) is 2.92. The molecule has 0 radical (unpaired) electrons. The van der Waals surface area contributed by atoms with Crippen LogP contribution in [0.5, 0.6) is 0 Å². The maximum absolute atomic E-state index is 12.4. The summed E-state index contributed by atoms with van der Waals surface area (Å²) >= 11 is 3.37. The van der Waals surface area contributed by atoms with Gasteiger partial charge in [0.2, 0.25) is 0 Å². The lowest BCUT2D eigenvalue weighted by atomic mass is 10.1. The Balaban J connectivity index is 2.33. The van der Waals surface area contributed by atoms with Crippen LogP contribution in [-0.2, 0) is 16.6 Å². The predicted molar refractivity (Wildman–Crippen MR) is 83.7 cm³/mol. The van der Waals surface area contributed by atoms with Crippen LogP contribution in [0.25, 0.3) is 0 Å². The first-order valence-electron chi connectivity index (χ1n) is 6.26. The monoisotopic (exact) mass is 373 g/mol. The number of aliphatic hydroxyl groups is 1. The highest BCUT2D eigenvalue weighted by molar-refractivity contribution is 9.10. The summed E-state index contributed by atoms with van der Waals surface area (Å²) in [4.78, 5) is 0.0582. The Morgan fingerprint density at radius 3 is 2.71 bits per heavy atom. The number of nitrogens with zero attached hydrogens (tertiary/aromatic N) is 2. The predicted octanol–water partition coefficient (Wildman–Crippen LogP) is 2.06. The Hall–Kier alpha value is -1.38. The first kappa shape index (κ1) is 16.0. The van der Waals surface area contributed by atoms with Gasteiger partial charge in [0.15, 0.2) is 0 Å². The smallest absolute Gasteiger partial charge is 0.265 e. The summed E-state index contributed by atoms with van der Waals surface area (Å²) in [5.74, 6) is 0. The van der Waals surface area contributed by atoms with Gasteiger partial charge in [0.05, 0.1) is 25.0 Å². The van der Waals surface area contributed by atoms with Crippen molar-refractivity contribution in [3.63, 3.8) is 0 Å². The molecule has 6 nitrogen and oxygen atoms in total. The molecule has 0 atom stereocenters. The van der Waals surface area contributed by atoms with Gasteiger partial charge in [0.25, 0.3) is 10.0 Å². The average Bonchev–Trinajstić information content (AvgIpc) is 2.84. The fourth-order valence-corrected chi connectivity index (χ4v) is 3.95. The number of anilines is 1. The summed E-state index contributed by atoms with van der Waals surface area (Å²) < 4.78 is 29.4. The maximum Gasteiger partial charge on any atom is 0.265 e. The van der Waals surface area contributed by atoms with Gasteiger partial charge in [-0.2, -0.15) is 5.10 Å². The zero-order valence-corrected chi connectivity index (χ0v) is 14.1. The van der Waals surface area contributed by atoms with E-state index in [1.54, 1.807) is 0 Å². The Morgan fingerprint density at radius 1 is 1.38 bits per heavy atom. The minimum absolute atomic E-state index is 0.0582. The molecule has 8 heteroatoms. The van der Waals surface area contributed by atoms with Crippen LogP contribution in [0.3, 0.4) is 0 Å². The minimum atomic E-state index is -3.71. The highest BCUT2D eigenvalue weighted by Crippen LogP contribution is 2.29. The van der Waals surface area contributed by atoms with Gasteiger partial charge >= 0.3 is 0 Å². The number of aromatic nitrogens is 2. The van der Waals surface area contributed by atoms with Crippen LogP contribution in [0.2, 0.25) is 0 Å². The molecule has 1 aromatic heterocycles. The fraction of sp³-hybridized carbons (Fsp3) is 0.308. The van der Waals surface area contributed by atoms with Crippen molar-refractivity contribution >= 4 is 31.6 Å². The van der Waals surface area contributed by atoms with Crippen molar-refractivity contribution < 1.29 is 13.5 Å². The normalized spacial score (nSPS) is 11.6. The van der Waals surface area contributed by atoms with Crippen molar-refractivity contribution in [3.05, 3.63) is 40.1 Å². The number of hydrogen-bond acceptors (Lipinski definition) is 4. The Morgan fingerprint density at radius 2 is 2.10 bits per heavy atom. The van der Waals surface area contributed by atoms with E-state index in [1.165, 1.54) is 17.1 Å². The first-order chi connectivity index (χ1) is 9.83. The van der Waals surface area contributed by atoms with Crippen LogP contribution in [0, 0.1) is 13.8 Å². The first-order valence-corrected chi connectivity index (χ1v) is 8.54. The van der Waals surface area contributed by atoms with Gasteiger partial charge in [-0.15, -0.1) is 0 Å². The van der Waals surface area contributed by atoms with Crippen LogP contribution in [-0.4, -0.2) is 29.9 Å².